The number of para-hydroxylation sites is 1. The van der Waals surface area contributed by atoms with E-state index < -0.39 is 0 Å². The minimum Gasteiger partial charge on any atom is -0.378 e. The fourth-order valence-electron chi connectivity index (χ4n) is 2.72. The molecular weight excluding hydrogens is 314 g/mol. The zero-order valence-corrected chi connectivity index (χ0v) is 14.4. The largest absolute Gasteiger partial charge is 0.378 e. The van der Waals surface area contributed by atoms with Gasteiger partial charge in [-0.1, -0.05) is 24.3 Å². The van der Waals surface area contributed by atoms with Crippen molar-refractivity contribution in [2.45, 2.75) is 13.1 Å². The summed E-state index contributed by atoms with van der Waals surface area (Å²) in [5.41, 5.74) is 2.90. The highest BCUT2D eigenvalue weighted by Crippen LogP contribution is 2.12. The van der Waals surface area contributed by atoms with Crippen LogP contribution in [0.2, 0.25) is 0 Å². The summed E-state index contributed by atoms with van der Waals surface area (Å²) in [6.45, 7) is 0.654. The first-order valence-corrected chi connectivity index (χ1v) is 8.16. The van der Waals surface area contributed by atoms with E-state index in [1.165, 1.54) is 6.07 Å². The molecule has 0 unspecified atom stereocenters. The highest BCUT2D eigenvalue weighted by Gasteiger charge is 2.07. The smallest absolute Gasteiger partial charge is 0.240 e. The van der Waals surface area contributed by atoms with Crippen LogP contribution in [0.25, 0.3) is 10.9 Å². The lowest BCUT2D eigenvalue weighted by atomic mass is 10.2. The summed E-state index contributed by atoms with van der Waals surface area (Å²) in [7, 11) is 3.98. The zero-order chi connectivity index (χ0) is 17.8. The molecule has 0 aliphatic rings. The predicted octanol–water partition coefficient (Wildman–Crippen LogP) is 2.38. The van der Waals surface area contributed by atoms with E-state index in [-0.39, 0.29) is 17.9 Å². The molecule has 0 atom stereocenters. The van der Waals surface area contributed by atoms with Crippen LogP contribution in [-0.2, 0) is 17.9 Å². The molecule has 0 fully saturated rings. The number of amides is 1. The summed E-state index contributed by atoms with van der Waals surface area (Å²) >= 11 is 0. The van der Waals surface area contributed by atoms with Gasteiger partial charge in [0.05, 0.1) is 5.52 Å². The van der Waals surface area contributed by atoms with Crippen LogP contribution in [-0.4, -0.2) is 24.6 Å². The van der Waals surface area contributed by atoms with Crippen LogP contribution in [0.4, 0.5) is 5.69 Å². The number of carbonyl (C=O) groups is 1. The number of fused-ring (bicyclic) bond motifs is 1. The minimum atomic E-state index is -0.0921. The van der Waals surface area contributed by atoms with Gasteiger partial charge in [0, 0.05) is 44.0 Å². The topological polar surface area (TPSA) is 54.3 Å². The van der Waals surface area contributed by atoms with Crippen molar-refractivity contribution in [3.8, 4) is 0 Å². The second-order valence-corrected chi connectivity index (χ2v) is 6.16. The number of hydrogen-bond donors (Lipinski definition) is 1. The first-order chi connectivity index (χ1) is 12.0. The number of aromatic nitrogens is 1. The normalized spacial score (nSPS) is 10.6. The van der Waals surface area contributed by atoms with Crippen LogP contribution in [0, 0.1) is 0 Å². The van der Waals surface area contributed by atoms with Gasteiger partial charge in [0.2, 0.25) is 5.91 Å². The number of carbonyl (C=O) groups excluding carboxylic acids is 1. The maximum absolute atomic E-state index is 12.3. The molecule has 1 amide bonds. The van der Waals surface area contributed by atoms with Gasteiger partial charge >= 0.3 is 0 Å². The van der Waals surface area contributed by atoms with Crippen molar-refractivity contribution in [2.24, 2.45) is 0 Å². The van der Waals surface area contributed by atoms with E-state index in [0.717, 1.165) is 16.8 Å². The molecule has 0 spiro atoms. The molecule has 2 aromatic carbocycles. The Balaban J connectivity index is 1.67. The monoisotopic (exact) mass is 335 g/mol. The molecule has 3 rings (SSSR count). The number of pyridine rings is 1. The average Bonchev–Trinajstić information content (AvgIpc) is 2.63. The third-order valence-electron chi connectivity index (χ3n) is 4.14. The van der Waals surface area contributed by atoms with Crippen LogP contribution in [0.1, 0.15) is 5.56 Å². The van der Waals surface area contributed by atoms with E-state index in [0.29, 0.717) is 11.9 Å². The predicted molar refractivity (Wildman–Crippen MR) is 101 cm³/mol. The van der Waals surface area contributed by atoms with Gasteiger partial charge in [-0.3, -0.25) is 9.59 Å². The van der Waals surface area contributed by atoms with Gasteiger partial charge in [0.15, 0.2) is 5.43 Å². The molecule has 25 heavy (non-hydrogen) atoms. The Hall–Kier alpha value is -3.08. The van der Waals surface area contributed by atoms with Gasteiger partial charge in [-0.05, 0) is 29.8 Å². The molecule has 0 aliphatic heterocycles. The fraction of sp³-hybridized carbons (Fsp3) is 0.200. The Morgan fingerprint density at radius 1 is 1.04 bits per heavy atom. The molecule has 1 heterocycles. The van der Waals surface area contributed by atoms with Crippen molar-refractivity contribution in [1.82, 2.24) is 9.88 Å². The highest BCUT2D eigenvalue weighted by molar-refractivity contribution is 5.82. The van der Waals surface area contributed by atoms with Gasteiger partial charge < -0.3 is 14.8 Å². The van der Waals surface area contributed by atoms with E-state index in [1.807, 2.05) is 61.5 Å². The fourth-order valence-corrected chi connectivity index (χ4v) is 2.72. The Labute approximate surface area is 146 Å². The molecule has 1 N–H and O–H groups in total. The standard InChI is InChI=1S/C20H21N3O2/c1-22(2)16-9-7-15(8-10-16)13-21-20(25)14-23-12-11-19(24)17-5-3-4-6-18(17)23/h3-12H,13-14H2,1-2H3,(H,21,25). The first-order valence-electron chi connectivity index (χ1n) is 8.16. The Morgan fingerprint density at radius 2 is 1.76 bits per heavy atom. The maximum Gasteiger partial charge on any atom is 0.240 e. The van der Waals surface area contributed by atoms with Crippen LogP contribution in [0.3, 0.4) is 0 Å². The molecule has 1 aromatic heterocycles. The molecule has 5 nitrogen and oxygen atoms in total. The van der Waals surface area contributed by atoms with E-state index in [1.54, 1.807) is 16.8 Å². The summed E-state index contributed by atoms with van der Waals surface area (Å²) < 4.78 is 1.79. The number of nitrogens with one attached hydrogen (secondary N) is 1. The van der Waals surface area contributed by atoms with Gasteiger partial charge in [-0.2, -0.15) is 0 Å². The quantitative estimate of drug-likeness (QED) is 0.779. The number of benzene rings is 2. The Bertz CT molecular complexity index is 943. The van der Waals surface area contributed by atoms with Gasteiger partial charge in [-0.15, -0.1) is 0 Å². The molecule has 0 aliphatic carbocycles. The molecule has 0 saturated heterocycles. The zero-order valence-electron chi connectivity index (χ0n) is 14.4. The summed E-state index contributed by atoms with van der Waals surface area (Å²) in [5, 5.41) is 3.55. The Morgan fingerprint density at radius 3 is 2.48 bits per heavy atom. The molecule has 0 radical (unpaired) electrons. The van der Waals surface area contributed by atoms with Crippen LogP contribution < -0.4 is 15.6 Å². The van der Waals surface area contributed by atoms with Crippen molar-refractivity contribution in [3.63, 3.8) is 0 Å². The van der Waals surface area contributed by atoms with Crippen molar-refractivity contribution in [1.29, 1.82) is 0 Å². The summed E-state index contributed by atoms with van der Waals surface area (Å²) in [4.78, 5) is 26.2. The van der Waals surface area contributed by atoms with Gasteiger partial charge in [-0.25, -0.2) is 0 Å². The van der Waals surface area contributed by atoms with E-state index in [4.69, 9.17) is 0 Å². The molecule has 3 aromatic rings. The SMILES string of the molecule is CN(C)c1ccc(CNC(=O)Cn2ccc(=O)c3ccccc32)cc1. The third-order valence-corrected chi connectivity index (χ3v) is 4.14. The van der Waals surface area contributed by atoms with Crippen molar-refractivity contribution < 1.29 is 4.79 Å². The minimum absolute atomic E-state index is 0.0340. The third kappa shape index (κ3) is 3.88. The lowest BCUT2D eigenvalue weighted by Gasteiger charge is -2.13. The van der Waals surface area contributed by atoms with Crippen molar-refractivity contribution in [2.75, 3.05) is 19.0 Å². The lowest BCUT2D eigenvalue weighted by molar-refractivity contribution is -0.121. The number of nitrogens with zero attached hydrogens (tertiary/aromatic N) is 2. The number of rotatable bonds is 5. The van der Waals surface area contributed by atoms with Gasteiger partial charge in [0.1, 0.15) is 6.54 Å². The summed E-state index contributed by atoms with van der Waals surface area (Å²) in [5.74, 6) is -0.0921. The van der Waals surface area contributed by atoms with Crippen molar-refractivity contribution >= 4 is 22.5 Å². The molecule has 128 valence electrons. The lowest BCUT2D eigenvalue weighted by Crippen LogP contribution is -2.27. The molecular formula is C20H21N3O2. The average molecular weight is 335 g/mol. The van der Waals surface area contributed by atoms with E-state index in [9.17, 15) is 9.59 Å². The molecule has 5 heteroatoms. The first kappa shape index (κ1) is 16.8. The number of hydrogen-bond acceptors (Lipinski definition) is 3. The summed E-state index contributed by atoms with van der Waals surface area (Å²) in [6.07, 6.45) is 1.66. The number of anilines is 1. The van der Waals surface area contributed by atoms with Crippen LogP contribution >= 0.6 is 0 Å². The van der Waals surface area contributed by atoms with E-state index in [2.05, 4.69) is 5.32 Å². The van der Waals surface area contributed by atoms with Crippen LogP contribution in [0.5, 0.6) is 0 Å². The summed E-state index contributed by atoms with van der Waals surface area (Å²) in [6, 6.07) is 16.9. The van der Waals surface area contributed by atoms with Gasteiger partial charge in [0.25, 0.3) is 0 Å². The van der Waals surface area contributed by atoms with Crippen LogP contribution in [0.15, 0.2) is 65.6 Å². The highest BCUT2D eigenvalue weighted by atomic mass is 16.2. The maximum atomic E-state index is 12.3. The second-order valence-electron chi connectivity index (χ2n) is 6.16. The Kier molecular flexibility index (Phi) is 4.84. The van der Waals surface area contributed by atoms with Crippen molar-refractivity contribution in [3.05, 3.63) is 76.6 Å². The molecule has 0 saturated carbocycles. The van der Waals surface area contributed by atoms with E-state index >= 15 is 0 Å². The molecule has 0 bridgehead atoms. The second kappa shape index (κ2) is 7.21.